The summed E-state index contributed by atoms with van der Waals surface area (Å²) >= 11 is 0. The molecule has 0 saturated heterocycles. The Bertz CT molecular complexity index is 1290. The van der Waals surface area contributed by atoms with Gasteiger partial charge in [-0.3, -0.25) is 5.41 Å². The molecule has 0 bridgehead atoms. The summed E-state index contributed by atoms with van der Waals surface area (Å²) in [6.07, 6.45) is 1.42. The summed E-state index contributed by atoms with van der Waals surface area (Å²) in [6, 6.07) is 20.7. The van der Waals surface area contributed by atoms with Gasteiger partial charge >= 0.3 is 6.09 Å². The summed E-state index contributed by atoms with van der Waals surface area (Å²) in [5.74, 6) is 0.327. The molecule has 0 aliphatic heterocycles. The highest BCUT2D eigenvalue weighted by Gasteiger charge is 2.22. The van der Waals surface area contributed by atoms with Gasteiger partial charge in [0.1, 0.15) is 11.6 Å². The molecule has 0 saturated carbocycles. The summed E-state index contributed by atoms with van der Waals surface area (Å²) < 4.78 is 29.9. The number of sulfone groups is 1. The Morgan fingerprint density at radius 3 is 2.35 bits per heavy atom. The van der Waals surface area contributed by atoms with E-state index in [0.29, 0.717) is 29.0 Å². The fraction of sp³-hybridized carbons (Fsp3) is 0.231. The minimum Gasteiger partial charge on any atom is -0.410 e. The Balaban J connectivity index is 1.80. The van der Waals surface area contributed by atoms with Gasteiger partial charge in [-0.05, 0) is 48.7 Å². The van der Waals surface area contributed by atoms with Crippen LogP contribution in [0.25, 0.3) is 11.1 Å². The third kappa shape index (κ3) is 6.02. The summed E-state index contributed by atoms with van der Waals surface area (Å²) in [5, 5.41) is 7.63. The van der Waals surface area contributed by atoms with E-state index >= 15 is 0 Å². The maximum absolute atomic E-state index is 13.0. The van der Waals surface area contributed by atoms with Crippen LogP contribution < -0.4 is 10.5 Å². The van der Waals surface area contributed by atoms with Crippen LogP contribution in [0, 0.1) is 5.41 Å². The van der Waals surface area contributed by atoms with Crippen LogP contribution in [0.2, 0.25) is 0 Å². The van der Waals surface area contributed by atoms with Crippen molar-refractivity contribution in [1.82, 2.24) is 4.90 Å². The molecule has 0 heterocycles. The van der Waals surface area contributed by atoms with Crippen LogP contribution in [0.5, 0.6) is 5.75 Å². The molecule has 3 N–H and O–H groups in total. The van der Waals surface area contributed by atoms with E-state index in [-0.39, 0.29) is 16.8 Å². The molecule has 0 aliphatic rings. The SMILES string of the molecule is CCC(C)N(Cc1cccc(C(=N)N)c1)C(=O)Oc1ccc(-c2ccccc2S(C)(=O)=O)cc1. The summed E-state index contributed by atoms with van der Waals surface area (Å²) in [6.45, 7) is 4.25. The number of hydrogen-bond donors (Lipinski definition) is 2. The van der Waals surface area contributed by atoms with Crippen LogP contribution in [0.4, 0.5) is 4.79 Å². The van der Waals surface area contributed by atoms with Gasteiger partial charge in [-0.15, -0.1) is 0 Å². The molecule has 0 fully saturated rings. The number of hydrogen-bond acceptors (Lipinski definition) is 5. The van der Waals surface area contributed by atoms with Gasteiger partial charge < -0.3 is 15.4 Å². The smallest absolute Gasteiger partial charge is 0.410 e. The average molecular weight is 480 g/mol. The molecular weight excluding hydrogens is 450 g/mol. The highest BCUT2D eigenvalue weighted by atomic mass is 32.2. The largest absolute Gasteiger partial charge is 0.415 e. The molecule has 3 aromatic carbocycles. The Morgan fingerprint density at radius 2 is 1.74 bits per heavy atom. The second kappa shape index (κ2) is 10.5. The van der Waals surface area contributed by atoms with Gasteiger partial charge in [-0.2, -0.15) is 0 Å². The van der Waals surface area contributed by atoms with Crippen molar-refractivity contribution in [1.29, 1.82) is 5.41 Å². The van der Waals surface area contributed by atoms with Crippen molar-refractivity contribution in [2.75, 3.05) is 6.26 Å². The lowest BCUT2D eigenvalue weighted by Crippen LogP contribution is -2.39. The molecule has 1 amide bonds. The highest BCUT2D eigenvalue weighted by molar-refractivity contribution is 7.90. The zero-order valence-electron chi connectivity index (χ0n) is 19.5. The number of benzene rings is 3. The summed E-state index contributed by atoms with van der Waals surface area (Å²) in [7, 11) is -3.39. The second-order valence-corrected chi connectivity index (χ2v) is 10.1. The van der Waals surface area contributed by atoms with E-state index in [0.717, 1.165) is 12.0 Å². The van der Waals surface area contributed by atoms with E-state index < -0.39 is 15.9 Å². The van der Waals surface area contributed by atoms with E-state index in [1.807, 2.05) is 19.9 Å². The van der Waals surface area contributed by atoms with Crippen molar-refractivity contribution in [2.24, 2.45) is 5.73 Å². The van der Waals surface area contributed by atoms with Crippen molar-refractivity contribution in [3.8, 4) is 16.9 Å². The van der Waals surface area contributed by atoms with Crippen LogP contribution >= 0.6 is 0 Å². The van der Waals surface area contributed by atoms with E-state index in [2.05, 4.69) is 0 Å². The maximum atomic E-state index is 13.0. The molecular formula is C26H29N3O4S. The molecule has 178 valence electrons. The lowest BCUT2D eigenvalue weighted by molar-refractivity contribution is 0.130. The minimum absolute atomic E-state index is 0.0305. The number of carbonyl (C=O) groups excluding carboxylic acids is 1. The second-order valence-electron chi connectivity index (χ2n) is 8.16. The van der Waals surface area contributed by atoms with E-state index in [9.17, 15) is 13.2 Å². The fourth-order valence-corrected chi connectivity index (χ4v) is 4.46. The molecule has 0 spiro atoms. The number of ether oxygens (including phenoxy) is 1. The quantitative estimate of drug-likeness (QED) is 0.354. The lowest BCUT2D eigenvalue weighted by atomic mass is 10.1. The van der Waals surface area contributed by atoms with Gasteiger partial charge in [-0.25, -0.2) is 13.2 Å². The van der Waals surface area contributed by atoms with Gasteiger partial charge in [0.25, 0.3) is 0 Å². The number of nitrogen functional groups attached to an aromatic ring is 1. The molecule has 7 nitrogen and oxygen atoms in total. The van der Waals surface area contributed by atoms with Crippen molar-refractivity contribution in [2.45, 2.75) is 37.8 Å². The first kappa shape index (κ1) is 25.0. The van der Waals surface area contributed by atoms with Gasteiger partial charge in [0.2, 0.25) is 0 Å². The van der Waals surface area contributed by atoms with Crippen LogP contribution in [0.3, 0.4) is 0 Å². The molecule has 3 rings (SSSR count). The van der Waals surface area contributed by atoms with Crippen molar-refractivity contribution in [3.05, 3.63) is 83.9 Å². The van der Waals surface area contributed by atoms with Crippen LogP contribution in [-0.2, 0) is 16.4 Å². The van der Waals surface area contributed by atoms with Gasteiger partial charge in [-0.1, -0.05) is 55.5 Å². The molecule has 1 atom stereocenters. The molecule has 0 radical (unpaired) electrons. The molecule has 1 unspecified atom stereocenters. The highest BCUT2D eigenvalue weighted by Crippen LogP contribution is 2.29. The number of amides is 1. The average Bonchev–Trinajstić information content (AvgIpc) is 2.82. The zero-order chi connectivity index (χ0) is 24.9. The standard InChI is InChI=1S/C26H29N3O4S/c1-4-18(2)29(17-19-8-7-9-21(16-19)25(27)28)26(30)33-22-14-12-20(13-15-22)23-10-5-6-11-24(23)34(3,31)32/h5-16,18H,4,17H2,1-3H3,(H3,27,28). The first-order chi connectivity index (χ1) is 16.1. The van der Waals surface area contributed by atoms with E-state index in [4.69, 9.17) is 15.9 Å². The predicted molar refractivity (Wildman–Crippen MR) is 134 cm³/mol. The zero-order valence-corrected chi connectivity index (χ0v) is 20.3. The lowest BCUT2D eigenvalue weighted by Gasteiger charge is -2.28. The fourth-order valence-electron chi connectivity index (χ4n) is 3.55. The number of rotatable bonds is 8. The van der Waals surface area contributed by atoms with Gasteiger partial charge in [0.05, 0.1) is 4.90 Å². The number of nitrogens with one attached hydrogen (secondary N) is 1. The third-order valence-corrected chi connectivity index (χ3v) is 6.76. The number of carbonyl (C=O) groups is 1. The predicted octanol–water partition coefficient (Wildman–Crippen LogP) is 4.84. The van der Waals surface area contributed by atoms with Crippen molar-refractivity contribution < 1.29 is 17.9 Å². The van der Waals surface area contributed by atoms with E-state index in [1.54, 1.807) is 71.6 Å². The van der Waals surface area contributed by atoms with Gasteiger partial charge in [0, 0.05) is 30.0 Å². The van der Waals surface area contributed by atoms with Crippen molar-refractivity contribution >= 4 is 21.8 Å². The van der Waals surface area contributed by atoms with Crippen molar-refractivity contribution in [3.63, 3.8) is 0 Å². The van der Waals surface area contributed by atoms with Crippen LogP contribution in [0.1, 0.15) is 31.4 Å². The normalized spacial score (nSPS) is 12.1. The van der Waals surface area contributed by atoms with E-state index in [1.165, 1.54) is 6.26 Å². The molecule has 8 heteroatoms. The van der Waals surface area contributed by atoms with Crippen LogP contribution in [0.15, 0.2) is 77.7 Å². The third-order valence-electron chi connectivity index (χ3n) is 5.61. The molecule has 34 heavy (non-hydrogen) atoms. The Labute approximate surface area is 200 Å². The summed E-state index contributed by atoms with van der Waals surface area (Å²) in [5.41, 5.74) is 8.34. The Hall–Kier alpha value is -3.65. The first-order valence-corrected chi connectivity index (χ1v) is 12.8. The topological polar surface area (TPSA) is 114 Å². The van der Waals surface area contributed by atoms with Crippen LogP contribution in [-0.4, -0.2) is 37.5 Å². The number of nitrogens with zero attached hydrogens (tertiary/aromatic N) is 1. The molecule has 0 aromatic heterocycles. The minimum atomic E-state index is -3.39. The maximum Gasteiger partial charge on any atom is 0.415 e. The number of nitrogens with two attached hydrogens (primary N) is 1. The van der Waals surface area contributed by atoms with Gasteiger partial charge in [0.15, 0.2) is 9.84 Å². The monoisotopic (exact) mass is 479 g/mol. The first-order valence-electron chi connectivity index (χ1n) is 10.9. The Kier molecular flexibility index (Phi) is 7.73. The molecule has 3 aromatic rings. The Morgan fingerprint density at radius 1 is 1.06 bits per heavy atom. The summed E-state index contributed by atoms with van der Waals surface area (Å²) in [4.78, 5) is 14.9. The molecule has 0 aliphatic carbocycles. The number of amidine groups is 1.